The Labute approximate surface area is 132 Å². The fraction of sp³-hybridized carbons (Fsp3) is 0.333. The molecule has 0 unspecified atom stereocenters. The molecule has 0 saturated carbocycles. The summed E-state index contributed by atoms with van der Waals surface area (Å²) < 4.78 is 1.00. The van der Waals surface area contributed by atoms with Crippen LogP contribution in [0.4, 0.5) is 5.82 Å². The van der Waals surface area contributed by atoms with Gasteiger partial charge < -0.3 is 10.6 Å². The number of pyridine rings is 1. The van der Waals surface area contributed by atoms with Gasteiger partial charge in [-0.15, -0.1) is 11.3 Å². The number of amides is 1. The zero-order chi connectivity index (χ0) is 15.7. The van der Waals surface area contributed by atoms with Gasteiger partial charge in [0.15, 0.2) is 0 Å². The van der Waals surface area contributed by atoms with Crippen LogP contribution in [0.3, 0.4) is 0 Å². The Bertz CT molecular complexity index is 858. The molecule has 0 atom stereocenters. The molecule has 6 nitrogen and oxygen atoms in total. The first-order valence-corrected chi connectivity index (χ1v) is 7.87. The first-order chi connectivity index (χ1) is 10.6. The van der Waals surface area contributed by atoms with Crippen LogP contribution in [0, 0.1) is 13.8 Å². The van der Waals surface area contributed by atoms with Gasteiger partial charge in [0.1, 0.15) is 17.0 Å². The van der Waals surface area contributed by atoms with Crippen molar-refractivity contribution >= 4 is 43.5 Å². The van der Waals surface area contributed by atoms with E-state index in [1.54, 1.807) is 17.7 Å². The Balaban J connectivity index is 1.98. The summed E-state index contributed by atoms with van der Waals surface area (Å²) in [5.74, 6) is 0.752. The van der Waals surface area contributed by atoms with Gasteiger partial charge in [0.2, 0.25) is 5.91 Å². The fourth-order valence-electron chi connectivity index (χ4n) is 2.45. The number of aromatic nitrogens is 3. The summed E-state index contributed by atoms with van der Waals surface area (Å²) in [5.41, 5.74) is 3.11. The van der Waals surface area contributed by atoms with E-state index in [0.29, 0.717) is 13.1 Å². The maximum Gasteiger partial charge on any atom is 0.216 e. The van der Waals surface area contributed by atoms with Crippen LogP contribution in [0.15, 0.2) is 12.4 Å². The molecule has 0 fully saturated rings. The van der Waals surface area contributed by atoms with Crippen molar-refractivity contribution in [2.24, 2.45) is 0 Å². The highest BCUT2D eigenvalue weighted by Crippen LogP contribution is 2.36. The van der Waals surface area contributed by atoms with E-state index < -0.39 is 0 Å². The number of nitrogens with zero attached hydrogens (tertiary/aromatic N) is 3. The number of rotatable bonds is 4. The smallest absolute Gasteiger partial charge is 0.216 e. The third-order valence-electron chi connectivity index (χ3n) is 3.34. The Hall–Kier alpha value is -2.28. The summed E-state index contributed by atoms with van der Waals surface area (Å²) >= 11 is 1.60. The van der Waals surface area contributed by atoms with E-state index in [1.807, 2.05) is 6.92 Å². The average Bonchev–Trinajstić information content (AvgIpc) is 2.82. The standard InChI is InChI=1S/C15H17N5OS/c1-8-6-9(2)20-15-11(8)12-13(22-15)14(19-7-18-12)17-5-4-16-10(3)21/h6-7H,4-5H2,1-3H3,(H,16,21)(H,17,18,19). The lowest BCUT2D eigenvalue weighted by Gasteiger charge is -2.06. The summed E-state index contributed by atoms with van der Waals surface area (Å²) in [4.78, 5) is 25.2. The Morgan fingerprint density at radius 2 is 2.09 bits per heavy atom. The molecular weight excluding hydrogens is 298 g/mol. The molecule has 114 valence electrons. The molecule has 0 aliphatic heterocycles. The molecule has 3 rings (SSSR count). The van der Waals surface area contributed by atoms with Crippen molar-refractivity contribution in [1.82, 2.24) is 20.3 Å². The van der Waals surface area contributed by atoms with E-state index >= 15 is 0 Å². The van der Waals surface area contributed by atoms with Crippen molar-refractivity contribution in [3.05, 3.63) is 23.7 Å². The molecule has 3 heterocycles. The molecule has 0 bridgehead atoms. The molecular formula is C15H17N5OS. The second kappa shape index (κ2) is 5.84. The molecule has 2 N–H and O–H groups in total. The van der Waals surface area contributed by atoms with Gasteiger partial charge in [0.25, 0.3) is 0 Å². The Morgan fingerprint density at radius 3 is 2.86 bits per heavy atom. The predicted octanol–water partition coefficient (Wildman–Crippen LogP) is 2.40. The number of anilines is 1. The minimum Gasteiger partial charge on any atom is -0.367 e. The predicted molar refractivity (Wildman–Crippen MR) is 89.4 cm³/mol. The Morgan fingerprint density at radius 1 is 1.27 bits per heavy atom. The van der Waals surface area contributed by atoms with Gasteiger partial charge in [-0.05, 0) is 25.5 Å². The lowest BCUT2D eigenvalue weighted by Crippen LogP contribution is -2.26. The number of carbonyl (C=O) groups is 1. The first kappa shape index (κ1) is 14.6. The highest BCUT2D eigenvalue weighted by atomic mass is 32.1. The van der Waals surface area contributed by atoms with Crippen molar-refractivity contribution in [2.45, 2.75) is 20.8 Å². The number of hydrogen-bond acceptors (Lipinski definition) is 6. The summed E-state index contributed by atoms with van der Waals surface area (Å²) in [6, 6.07) is 2.07. The van der Waals surface area contributed by atoms with Crippen molar-refractivity contribution in [3.63, 3.8) is 0 Å². The van der Waals surface area contributed by atoms with E-state index in [-0.39, 0.29) is 5.91 Å². The number of aryl methyl sites for hydroxylation is 2. The van der Waals surface area contributed by atoms with Crippen molar-refractivity contribution in [3.8, 4) is 0 Å². The molecule has 3 aromatic rings. The van der Waals surface area contributed by atoms with Gasteiger partial charge in [0.05, 0.1) is 10.2 Å². The SMILES string of the molecule is CC(=O)NCCNc1ncnc2c1sc1nc(C)cc(C)c12. The van der Waals surface area contributed by atoms with Crippen LogP contribution in [-0.4, -0.2) is 33.9 Å². The molecule has 0 aromatic carbocycles. The van der Waals surface area contributed by atoms with Gasteiger partial charge in [-0.3, -0.25) is 4.79 Å². The summed E-state index contributed by atoms with van der Waals surface area (Å²) in [6.07, 6.45) is 1.56. The quantitative estimate of drug-likeness (QED) is 0.723. The molecule has 0 aliphatic rings. The first-order valence-electron chi connectivity index (χ1n) is 7.06. The van der Waals surface area contributed by atoms with Gasteiger partial charge in [-0.1, -0.05) is 0 Å². The highest BCUT2D eigenvalue weighted by Gasteiger charge is 2.14. The molecule has 22 heavy (non-hydrogen) atoms. The maximum absolute atomic E-state index is 10.9. The zero-order valence-electron chi connectivity index (χ0n) is 12.7. The summed E-state index contributed by atoms with van der Waals surface area (Å²) in [6.45, 7) is 6.75. The van der Waals surface area contributed by atoms with Crippen LogP contribution in [-0.2, 0) is 4.79 Å². The van der Waals surface area contributed by atoms with Gasteiger partial charge >= 0.3 is 0 Å². The van der Waals surface area contributed by atoms with Crippen LogP contribution in [0.2, 0.25) is 0 Å². The number of fused-ring (bicyclic) bond motifs is 3. The lowest BCUT2D eigenvalue weighted by atomic mass is 10.1. The normalized spacial score (nSPS) is 11.0. The lowest BCUT2D eigenvalue weighted by molar-refractivity contribution is -0.118. The van der Waals surface area contributed by atoms with E-state index in [9.17, 15) is 4.79 Å². The van der Waals surface area contributed by atoms with Crippen molar-refractivity contribution in [2.75, 3.05) is 18.4 Å². The van der Waals surface area contributed by atoms with Crippen LogP contribution in [0.5, 0.6) is 0 Å². The van der Waals surface area contributed by atoms with E-state index in [2.05, 4.69) is 38.6 Å². The van der Waals surface area contributed by atoms with Crippen molar-refractivity contribution < 1.29 is 4.79 Å². The second-order valence-corrected chi connectivity index (χ2v) is 6.17. The second-order valence-electron chi connectivity index (χ2n) is 5.17. The maximum atomic E-state index is 10.9. The molecule has 0 saturated heterocycles. The molecule has 0 radical (unpaired) electrons. The van der Waals surface area contributed by atoms with Gasteiger partial charge in [-0.25, -0.2) is 15.0 Å². The molecule has 3 aromatic heterocycles. The van der Waals surface area contributed by atoms with Crippen LogP contribution in [0.1, 0.15) is 18.2 Å². The van der Waals surface area contributed by atoms with Crippen LogP contribution < -0.4 is 10.6 Å². The zero-order valence-corrected chi connectivity index (χ0v) is 13.5. The Kier molecular flexibility index (Phi) is 3.89. The third-order valence-corrected chi connectivity index (χ3v) is 4.42. The average molecular weight is 315 g/mol. The van der Waals surface area contributed by atoms with Crippen LogP contribution >= 0.6 is 11.3 Å². The van der Waals surface area contributed by atoms with Gasteiger partial charge in [-0.2, -0.15) is 0 Å². The van der Waals surface area contributed by atoms with E-state index in [4.69, 9.17) is 0 Å². The number of nitrogens with one attached hydrogen (secondary N) is 2. The monoisotopic (exact) mass is 315 g/mol. The summed E-state index contributed by atoms with van der Waals surface area (Å²) in [5, 5.41) is 7.10. The van der Waals surface area contributed by atoms with Crippen molar-refractivity contribution in [1.29, 1.82) is 0 Å². The molecule has 0 aliphatic carbocycles. The number of hydrogen-bond donors (Lipinski definition) is 2. The summed E-state index contributed by atoms with van der Waals surface area (Å²) in [7, 11) is 0. The third kappa shape index (κ3) is 2.71. The molecule has 7 heteroatoms. The minimum atomic E-state index is -0.0354. The number of thiophene rings is 1. The molecule has 0 spiro atoms. The van der Waals surface area contributed by atoms with Crippen LogP contribution in [0.25, 0.3) is 20.4 Å². The van der Waals surface area contributed by atoms with E-state index in [0.717, 1.165) is 31.9 Å². The van der Waals surface area contributed by atoms with Gasteiger partial charge in [0, 0.05) is 31.1 Å². The number of carbonyl (C=O) groups excluding carboxylic acids is 1. The van der Waals surface area contributed by atoms with E-state index in [1.165, 1.54) is 12.5 Å². The highest BCUT2D eigenvalue weighted by molar-refractivity contribution is 7.26. The molecule has 1 amide bonds. The topological polar surface area (TPSA) is 79.8 Å². The largest absolute Gasteiger partial charge is 0.367 e. The fourth-order valence-corrected chi connectivity index (χ4v) is 3.67. The minimum absolute atomic E-state index is 0.0354.